The van der Waals surface area contributed by atoms with Crippen molar-refractivity contribution in [3.63, 3.8) is 0 Å². The normalized spacial score (nSPS) is 14.1. The van der Waals surface area contributed by atoms with E-state index in [0.29, 0.717) is 24.3 Å². The highest BCUT2D eigenvalue weighted by molar-refractivity contribution is 5.43. The zero-order valence-corrected chi connectivity index (χ0v) is 8.24. The van der Waals surface area contributed by atoms with Crippen LogP contribution < -0.4 is 5.32 Å². The summed E-state index contributed by atoms with van der Waals surface area (Å²) in [6, 6.07) is 2.34. The Morgan fingerprint density at radius 3 is 2.88 bits per heavy atom. The van der Waals surface area contributed by atoms with Crippen LogP contribution in [0.1, 0.15) is 11.3 Å². The molecule has 0 bridgehead atoms. The quantitative estimate of drug-likeness (QED) is 0.727. The minimum atomic E-state index is -0.873. The van der Waals surface area contributed by atoms with Gasteiger partial charge in [-0.3, -0.25) is 0 Å². The van der Waals surface area contributed by atoms with Crippen molar-refractivity contribution < 1.29 is 8.78 Å². The minimum Gasteiger partial charge on any atom is -0.307 e. The molecule has 16 heavy (non-hydrogen) atoms. The summed E-state index contributed by atoms with van der Waals surface area (Å²) in [6.45, 7) is 1.06. The monoisotopic (exact) mass is 222 g/mol. The Morgan fingerprint density at radius 1 is 1.19 bits per heavy atom. The molecule has 1 aliphatic rings. The molecule has 0 amide bonds. The molecule has 0 saturated heterocycles. The molecule has 1 aromatic heterocycles. The third-order valence-electron chi connectivity index (χ3n) is 2.59. The lowest BCUT2D eigenvalue weighted by atomic mass is 10.1. The van der Waals surface area contributed by atoms with Crippen molar-refractivity contribution in [2.45, 2.75) is 13.1 Å². The van der Waals surface area contributed by atoms with Crippen molar-refractivity contribution in [3.8, 4) is 5.69 Å². The van der Waals surface area contributed by atoms with Crippen molar-refractivity contribution >= 4 is 0 Å². The second-order valence-electron chi connectivity index (χ2n) is 3.64. The number of fused-ring (bicyclic) bond motifs is 3. The first-order valence-electron chi connectivity index (χ1n) is 4.84. The fourth-order valence-electron chi connectivity index (χ4n) is 1.82. The molecule has 82 valence electrons. The Hall–Kier alpha value is -1.82. The minimum absolute atomic E-state index is 0.482. The van der Waals surface area contributed by atoms with Crippen LogP contribution in [0, 0.1) is 11.6 Å². The maximum atomic E-state index is 13.2. The van der Waals surface area contributed by atoms with Gasteiger partial charge >= 0.3 is 0 Å². The van der Waals surface area contributed by atoms with E-state index in [2.05, 4.69) is 15.6 Å². The standard InChI is InChI=1S/C10H8F2N4/c11-8-1-6-3-13-4-7-5-14-15-16(7)10(6)2-9(8)12/h1-2,5,13H,3-4H2. The van der Waals surface area contributed by atoms with Crippen LogP contribution in [0.4, 0.5) is 8.78 Å². The fourth-order valence-corrected chi connectivity index (χ4v) is 1.82. The lowest BCUT2D eigenvalue weighted by molar-refractivity contribution is 0.505. The van der Waals surface area contributed by atoms with Gasteiger partial charge in [-0.15, -0.1) is 5.10 Å². The molecule has 0 saturated carbocycles. The summed E-state index contributed by atoms with van der Waals surface area (Å²) in [5, 5.41) is 10.7. The Bertz CT molecular complexity index is 550. The van der Waals surface area contributed by atoms with Gasteiger partial charge in [0.2, 0.25) is 0 Å². The first-order chi connectivity index (χ1) is 7.75. The van der Waals surface area contributed by atoms with Crippen LogP contribution in [0.3, 0.4) is 0 Å². The molecule has 0 atom stereocenters. The Balaban J connectivity index is 2.27. The van der Waals surface area contributed by atoms with Gasteiger partial charge in [-0.2, -0.15) is 0 Å². The Morgan fingerprint density at radius 2 is 2.00 bits per heavy atom. The lowest BCUT2D eigenvalue weighted by Gasteiger charge is -2.07. The van der Waals surface area contributed by atoms with Crippen LogP contribution >= 0.6 is 0 Å². The number of hydrogen-bond acceptors (Lipinski definition) is 3. The highest BCUT2D eigenvalue weighted by Crippen LogP contribution is 2.21. The maximum Gasteiger partial charge on any atom is 0.160 e. The molecule has 3 rings (SSSR count). The highest BCUT2D eigenvalue weighted by atomic mass is 19.2. The molecule has 6 heteroatoms. The van der Waals surface area contributed by atoms with Gasteiger partial charge in [-0.25, -0.2) is 13.5 Å². The number of halogens is 2. The maximum absolute atomic E-state index is 13.2. The third-order valence-corrected chi connectivity index (χ3v) is 2.59. The smallest absolute Gasteiger partial charge is 0.160 e. The summed E-state index contributed by atoms with van der Waals surface area (Å²) in [5.74, 6) is -1.72. The molecule has 2 heterocycles. The van der Waals surface area contributed by atoms with Gasteiger partial charge in [0.15, 0.2) is 11.6 Å². The topological polar surface area (TPSA) is 42.7 Å². The van der Waals surface area contributed by atoms with E-state index in [1.165, 1.54) is 10.7 Å². The molecule has 0 aliphatic carbocycles. The summed E-state index contributed by atoms with van der Waals surface area (Å²) in [7, 11) is 0. The van der Waals surface area contributed by atoms with E-state index in [1.807, 2.05) is 0 Å². The zero-order chi connectivity index (χ0) is 11.1. The SMILES string of the molecule is Fc1cc2c(cc1F)-n1nncc1CNC2. The van der Waals surface area contributed by atoms with E-state index in [4.69, 9.17) is 0 Å². The van der Waals surface area contributed by atoms with Gasteiger partial charge in [0, 0.05) is 19.2 Å². The summed E-state index contributed by atoms with van der Waals surface area (Å²) >= 11 is 0. The Kier molecular flexibility index (Phi) is 1.97. The highest BCUT2D eigenvalue weighted by Gasteiger charge is 2.17. The van der Waals surface area contributed by atoms with E-state index in [-0.39, 0.29) is 0 Å². The zero-order valence-electron chi connectivity index (χ0n) is 8.24. The number of aromatic nitrogens is 3. The predicted molar refractivity (Wildman–Crippen MR) is 51.8 cm³/mol. The van der Waals surface area contributed by atoms with Crippen molar-refractivity contribution in [1.82, 2.24) is 20.3 Å². The van der Waals surface area contributed by atoms with E-state index in [1.54, 1.807) is 6.20 Å². The summed E-state index contributed by atoms with van der Waals surface area (Å²) in [5.41, 5.74) is 2.03. The second kappa shape index (κ2) is 3.34. The third kappa shape index (κ3) is 1.30. The molecule has 0 fully saturated rings. The molecule has 1 aromatic carbocycles. The largest absolute Gasteiger partial charge is 0.307 e. The molecule has 0 spiro atoms. The van der Waals surface area contributed by atoms with Gasteiger partial charge in [0.25, 0.3) is 0 Å². The predicted octanol–water partition coefficient (Wildman–Crippen LogP) is 1.15. The molecule has 2 aromatic rings. The first-order valence-corrected chi connectivity index (χ1v) is 4.84. The number of nitrogens with one attached hydrogen (secondary N) is 1. The van der Waals surface area contributed by atoms with Crippen LogP contribution in [0.15, 0.2) is 18.3 Å². The molecule has 0 radical (unpaired) electrons. The molecular formula is C10H8F2N4. The molecule has 0 unspecified atom stereocenters. The van der Waals surface area contributed by atoms with Gasteiger partial charge in [-0.1, -0.05) is 5.21 Å². The van der Waals surface area contributed by atoms with Crippen LogP contribution in [0.2, 0.25) is 0 Å². The lowest BCUT2D eigenvalue weighted by Crippen LogP contribution is -2.10. The van der Waals surface area contributed by atoms with Gasteiger partial charge in [-0.05, 0) is 11.6 Å². The summed E-state index contributed by atoms with van der Waals surface area (Å²) < 4.78 is 27.8. The molecule has 1 aliphatic heterocycles. The number of nitrogens with zero attached hydrogens (tertiary/aromatic N) is 3. The van der Waals surface area contributed by atoms with Crippen LogP contribution in [0.25, 0.3) is 5.69 Å². The van der Waals surface area contributed by atoms with E-state index in [9.17, 15) is 8.78 Å². The first kappa shape index (κ1) is 9.41. The number of hydrogen-bond donors (Lipinski definition) is 1. The summed E-state index contributed by atoms with van der Waals surface area (Å²) in [6.07, 6.45) is 1.60. The van der Waals surface area contributed by atoms with Crippen LogP contribution in [-0.4, -0.2) is 15.0 Å². The average molecular weight is 222 g/mol. The van der Waals surface area contributed by atoms with Gasteiger partial charge < -0.3 is 5.32 Å². The van der Waals surface area contributed by atoms with E-state index >= 15 is 0 Å². The van der Waals surface area contributed by atoms with Crippen LogP contribution in [-0.2, 0) is 13.1 Å². The molecular weight excluding hydrogens is 214 g/mol. The van der Waals surface area contributed by atoms with Crippen LogP contribution in [0.5, 0.6) is 0 Å². The van der Waals surface area contributed by atoms with Gasteiger partial charge in [0.05, 0.1) is 17.6 Å². The molecule has 4 nitrogen and oxygen atoms in total. The van der Waals surface area contributed by atoms with Crippen molar-refractivity contribution in [1.29, 1.82) is 0 Å². The van der Waals surface area contributed by atoms with Gasteiger partial charge in [0.1, 0.15) is 0 Å². The van der Waals surface area contributed by atoms with Crippen molar-refractivity contribution in [2.75, 3.05) is 0 Å². The van der Waals surface area contributed by atoms with E-state index < -0.39 is 11.6 Å². The average Bonchev–Trinajstić information content (AvgIpc) is 2.65. The summed E-state index contributed by atoms with van der Waals surface area (Å²) in [4.78, 5) is 0. The molecule has 1 N–H and O–H groups in total. The number of rotatable bonds is 0. The van der Waals surface area contributed by atoms with Crippen molar-refractivity contribution in [3.05, 3.63) is 41.2 Å². The fraction of sp³-hybridized carbons (Fsp3) is 0.200. The number of benzene rings is 1. The van der Waals surface area contributed by atoms with E-state index in [0.717, 1.165) is 11.8 Å². The van der Waals surface area contributed by atoms with Crippen molar-refractivity contribution in [2.24, 2.45) is 0 Å². The Labute approximate surface area is 89.9 Å². The second-order valence-corrected chi connectivity index (χ2v) is 3.64.